The number of amides is 1. The van der Waals surface area contributed by atoms with Crippen molar-refractivity contribution in [2.45, 2.75) is 45.8 Å². The van der Waals surface area contributed by atoms with Crippen LogP contribution < -0.4 is 10.5 Å². The number of hydrogen-bond acceptors (Lipinski definition) is 3. The lowest BCUT2D eigenvalue weighted by Gasteiger charge is -2.27. The average Bonchev–Trinajstić information content (AvgIpc) is 2.44. The third kappa shape index (κ3) is 5.56. The van der Waals surface area contributed by atoms with Gasteiger partial charge in [-0.1, -0.05) is 26.0 Å². The molecule has 0 heterocycles. The Kier molecular flexibility index (Phi) is 8.37. The van der Waals surface area contributed by atoms with Crippen LogP contribution in [0.3, 0.4) is 0 Å². The molecule has 120 valence electrons. The summed E-state index contributed by atoms with van der Waals surface area (Å²) in [6, 6.07) is 7.89. The molecule has 0 aliphatic heterocycles. The van der Waals surface area contributed by atoms with Gasteiger partial charge in [-0.2, -0.15) is 0 Å². The Bertz CT molecular complexity index is 452. The molecule has 0 aromatic heterocycles. The second-order valence-corrected chi connectivity index (χ2v) is 5.52. The van der Waals surface area contributed by atoms with E-state index in [9.17, 15) is 4.79 Å². The van der Waals surface area contributed by atoms with Crippen LogP contribution in [-0.2, 0) is 4.79 Å². The van der Waals surface area contributed by atoms with E-state index in [0.29, 0.717) is 12.5 Å². The van der Waals surface area contributed by atoms with Gasteiger partial charge in [0.1, 0.15) is 5.75 Å². The number of hydrogen-bond donors (Lipinski definition) is 1. The zero-order valence-electron chi connectivity index (χ0n) is 13.5. The van der Waals surface area contributed by atoms with E-state index in [4.69, 9.17) is 10.5 Å². The van der Waals surface area contributed by atoms with Crippen LogP contribution in [0.25, 0.3) is 0 Å². The smallest absolute Gasteiger partial charge is 0.263 e. The van der Waals surface area contributed by atoms with Crippen molar-refractivity contribution in [3.63, 3.8) is 0 Å². The second-order valence-electron chi connectivity index (χ2n) is 5.52. The lowest BCUT2D eigenvalue weighted by molar-refractivity contribution is -0.138. The molecule has 0 spiro atoms. The molecule has 4 nitrogen and oxygen atoms in total. The largest absolute Gasteiger partial charge is 0.481 e. The Hall–Kier alpha value is -1.26. The van der Waals surface area contributed by atoms with Crippen LogP contribution in [0, 0.1) is 0 Å². The summed E-state index contributed by atoms with van der Waals surface area (Å²) in [5.41, 5.74) is 6.78. The third-order valence-electron chi connectivity index (χ3n) is 3.54. The van der Waals surface area contributed by atoms with Crippen molar-refractivity contribution in [1.29, 1.82) is 0 Å². The van der Waals surface area contributed by atoms with Crippen LogP contribution >= 0.6 is 12.4 Å². The van der Waals surface area contributed by atoms with Crippen molar-refractivity contribution in [3.05, 3.63) is 29.8 Å². The summed E-state index contributed by atoms with van der Waals surface area (Å²) in [6.45, 7) is 8.39. The molecule has 0 saturated carbocycles. The number of ether oxygens (including phenoxy) is 1. The van der Waals surface area contributed by atoms with Gasteiger partial charge in [0, 0.05) is 19.6 Å². The summed E-state index contributed by atoms with van der Waals surface area (Å²) in [4.78, 5) is 13.8. The van der Waals surface area contributed by atoms with Crippen LogP contribution in [0.2, 0.25) is 0 Å². The molecule has 0 aliphatic carbocycles. The summed E-state index contributed by atoms with van der Waals surface area (Å²) < 4.78 is 5.75. The molecule has 0 fully saturated rings. The Labute approximate surface area is 134 Å². The van der Waals surface area contributed by atoms with Gasteiger partial charge in [0.2, 0.25) is 0 Å². The number of carbonyl (C=O) groups excluding carboxylic acids is 1. The topological polar surface area (TPSA) is 55.6 Å². The first-order chi connectivity index (χ1) is 9.36. The average molecular weight is 315 g/mol. The normalized spacial score (nSPS) is 13.3. The highest BCUT2D eigenvalue weighted by molar-refractivity contribution is 5.85. The minimum absolute atomic E-state index is 0. The first kappa shape index (κ1) is 19.7. The maximum Gasteiger partial charge on any atom is 0.263 e. The fraction of sp³-hybridized carbons (Fsp3) is 0.562. The van der Waals surface area contributed by atoms with Gasteiger partial charge in [-0.25, -0.2) is 0 Å². The fourth-order valence-electron chi connectivity index (χ4n) is 1.86. The Morgan fingerprint density at radius 2 is 1.90 bits per heavy atom. The van der Waals surface area contributed by atoms with Crippen LogP contribution in [0.1, 0.15) is 39.2 Å². The molecular formula is C16H27ClN2O2. The highest BCUT2D eigenvalue weighted by Gasteiger charge is 2.22. The lowest BCUT2D eigenvalue weighted by Crippen LogP contribution is -2.45. The van der Waals surface area contributed by atoms with E-state index in [1.165, 1.54) is 5.56 Å². The highest BCUT2D eigenvalue weighted by atomic mass is 35.5. The number of rotatable bonds is 6. The van der Waals surface area contributed by atoms with Gasteiger partial charge >= 0.3 is 0 Å². The predicted molar refractivity (Wildman–Crippen MR) is 89.2 cm³/mol. The van der Waals surface area contributed by atoms with E-state index >= 15 is 0 Å². The summed E-state index contributed by atoms with van der Waals surface area (Å²) in [6.07, 6.45) is -0.517. The number of likely N-dealkylation sites (N-methyl/N-ethyl adjacent to an activating group) is 1. The van der Waals surface area contributed by atoms with Crippen molar-refractivity contribution < 1.29 is 9.53 Å². The molecule has 21 heavy (non-hydrogen) atoms. The van der Waals surface area contributed by atoms with Gasteiger partial charge < -0.3 is 15.4 Å². The molecule has 1 amide bonds. The first-order valence-electron chi connectivity index (χ1n) is 7.10. The van der Waals surface area contributed by atoms with Gasteiger partial charge in [0.25, 0.3) is 5.91 Å². The van der Waals surface area contributed by atoms with Gasteiger partial charge in [0.05, 0.1) is 0 Å². The van der Waals surface area contributed by atoms with Crippen LogP contribution in [0.15, 0.2) is 24.3 Å². The highest BCUT2D eigenvalue weighted by Crippen LogP contribution is 2.21. The van der Waals surface area contributed by atoms with Crippen molar-refractivity contribution in [3.8, 4) is 5.75 Å². The van der Waals surface area contributed by atoms with Crippen molar-refractivity contribution in [2.24, 2.45) is 5.73 Å². The molecule has 2 atom stereocenters. The maximum atomic E-state index is 12.2. The molecule has 1 aromatic carbocycles. The summed E-state index contributed by atoms with van der Waals surface area (Å²) >= 11 is 0. The number of benzene rings is 1. The van der Waals surface area contributed by atoms with E-state index in [0.717, 1.165) is 5.75 Å². The molecule has 2 N–H and O–H groups in total. The van der Waals surface area contributed by atoms with Gasteiger partial charge in [-0.05, 0) is 37.5 Å². The lowest BCUT2D eigenvalue weighted by atomic mass is 10.0. The molecule has 0 aliphatic rings. The number of carbonyl (C=O) groups is 1. The quantitative estimate of drug-likeness (QED) is 0.878. The SMILES string of the molecule is CC(Oc1cccc(C(C)C)c1)C(=O)N(C)C(C)CN.Cl. The van der Waals surface area contributed by atoms with E-state index in [-0.39, 0.29) is 24.4 Å². The second kappa shape index (κ2) is 8.90. The first-order valence-corrected chi connectivity index (χ1v) is 7.10. The van der Waals surface area contributed by atoms with Crippen LogP contribution in [-0.4, -0.2) is 36.5 Å². The molecule has 1 rings (SSSR count). The van der Waals surface area contributed by atoms with Crippen molar-refractivity contribution >= 4 is 18.3 Å². The van der Waals surface area contributed by atoms with Gasteiger partial charge in [-0.3, -0.25) is 4.79 Å². The minimum atomic E-state index is -0.517. The molecule has 0 radical (unpaired) electrons. The number of halogens is 1. The molecule has 5 heteroatoms. The number of nitrogens with two attached hydrogens (primary N) is 1. The predicted octanol–water partition coefficient (Wildman–Crippen LogP) is 2.80. The zero-order valence-corrected chi connectivity index (χ0v) is 14.3. The molecule has 2 unspecified atom stereocenters. The zero-order chi connectivity index (χ0) is 15.3. The van der Waals surface area contributed by atoms with Crippen molar-refractivity contribution in [2.75, 3.05) is 13.6 Å². The minimum Gasteiger partial charge on any atom is -0.481 e. The molecule has 1 aromatic rings. The van der Waals surface area contributed by atoms with E-state index in [1.54, 1.807) is 18.9 Å². The van der Waals surface area contributed by atoms with Crippen molar-refractivity contribution in [1.82, 2.24) is 4.90 Å². The van der Waals surface area contributed by atoms with Gasteiger partial charge in [0.15, 0.2) is 6.10 Å². The molecule has 0 saturated heterocycles. The number of nitrogens with zero attached hydrogens (tertiary/aromatic N) is 1. The summed E-state index contributed by atoms with van der Waals surface area (Å²) in [5, 5.41) is 0. The van der Waals surface area contributed by atoms with E-state index in [2.05, 4.69) is 19.9 Å². The monoisotopic (exact) mass is 314 g/mol. The van der Waals surface area contributed by atoms with E-state index in [1.807, 2.05) is 25.1 Å². The molecular weight excluding hydrogens is 288 g/mol. The Balaban J connectivity index is 0.00000400. The van der Waals surface area contributed by atoms with Gasteiger partial charge in [-0.15, -0.1) is 12.4 Å². The summed E-state index contributed by atoms with van der Waals surface area (Å²) in [7, 11) is 1.75. The third-order valence-corrected chi connectivity index (χ3v) is 3.54. The van der Waals surface area contributed by atoms with Crippen LogP contribution in [0.4, 0.5) is 0 Å². The Morgan fingerprint density at radius 3 is 2.43 bits per heavy atom. The Morgan fingerprint density at radius 1 is 1.29 bits per heavy atom. The van der Waals surface area contributed by atoms with E-state index < -0.39 is 6.10 Å². The van der Waals surface area contributed by atoms with Crippen LogP contribution in [0.5, 0.6) is 5.75 Å². The fourth-order valence-corrected chi connectivity index (χ4v) is 1.86. The summed E-state index contributed by atoms with van der Waals surface area (Å²) in [5.74, 6) is 1.10. The molecule has 0 bridgehead atoms. The maximum absolute atomic E-state index is 12.2. The standard InChI is InChI=1S/C16H26N2O2.ClH/c1-11(2)14-7-6-8-15(9-14)20-13(4)16(19)18(5)12(3)10-17;/h6-9,11-13H,10,17H2,1-5H3;1H.